The summed E-state index contributed by atoms with van der Waals surface area (Å²) in [5, 5.41) is 4.43. The number of hydrogen-bond donors (Lipinski definition) is 0. The molecule has 13 heteroatoms. The van der Waals surface area contributed by atoms with Crippen molar-refractivity contribution in [2.45, 2.75) is 50.9 Å². The van der Waals surface area contributed by atoms with Crippen molar-refractivity contribution in [1.29, 1.82) is 0 Å². The first-order valence-corrected chi connectivity index (χ1v) is 10.0. The molecule has 0 unspecified atom stereocenters. The summed E-state index contributed by atoms with van der Waals surface area (Å²) in [6.07, 6.45) is -1.87. The number of fused-ring (bicyclic) bond motifs is 1. The fraction of sp³-hybridized carbons (Fsp3) is 0.632. The topological polar surface area (TPSA) is 153 Å². The van der Waals surface area contributed by atoms with Crippen molar-refractivity contribution in [3.05, 3.63) is 17.5 Å². The predicted molar refractivity (Wildman–Crippen MR) is 99.4 cm³/mol. The second-order valence-corrected chi connectivity index (χ2v) is 6.82. The van der Waals surface area contributed by atoms with Crippen LogP contribution in [0.4, 0.5) is 0 Å². The van der Waals surface area contributed by atoms with Gasteiger partial charge in [-0.25, -0.2) is 19.2 Å². The number of carbonyl (C=O) groups is 4. The van der Waals surface area contributed by atoms with Gasteiger partial charge in [-0.1, -0.05) is 5.16 Å². The number of methoxy groups -OCH3 is 1. The van der Waals surface area contributed by atoms with Gasteiger partial charge in [0.05, 0.1) is 32.8 Å². The Balaban J connectivity index is 2.16. The SMILES string of the molecule is CCOC(=O)c1nocc1[C@H]1[C@@H](C(=O)OCC)ON2O[C@@H](C(=O)OC)C[C@]12C(=O)OCC. The van der Waals surface area contributed by atoms with Crippen molar-refractivity contribution in [2.75, 3.05) is 26.9 Å². The van der Waals surface area contributed by atoms with Crippen molar-refractivity contribution in [1.82, 2.24) is 10.4 Å². The van der Waals surface area contributed by atoms with Crippen LogP contribution in [0.3, 0.4) is 0 Å². The Bertz CT molecular complexity index is 884. The van der Waals surface area contributed by atoms with Gasteiger partial charge in [0.1, 0.15) is 6.26 Å². The number of esters is 4. The van der Waals surface area contributed by atoms with E-state index in [2.05, 4.69) is 5.16 Å². The van der Waals surface area contributed by atoms with E-state index in [1.165, 1.54) is 0 Å². The third kappa shape index (κ3) is 3.82. The highest BCUT2D eigenvalue weighted by molar-refractivity contribution is 5.92. The number of nitrogens with zero attached hydrogens (tertiary/aromatic N) is 2. The van der Waals surface area contributed by atoms with Crippen molar-refractivity contribution < 1.29 is 52.3 Å². The first kappa shape index (κ1) is 23.6. The maximum absolute atomic E-state index is 13.2. The highest BCUT2D eigenvalue weighted by Gasteiger charge is 2.71. The molecule has 1 aromatic heterocycles. The zero-order valence-electron chi connectivity index (χ0n) is 18.0. The standard InChI is InChI=1S/C19H24N2O11/c1-5-27-16(23)13-10(9-30-20-13)12-14(17(24)28-6-2)32-21-19(12,18(25)29-7-3)8-11(31-21)15(22)26-4/h9,11-12,14H,5-8H2,1-4H3/t11-,12+,14+,19-/m1/s1. The van der Waals surface area contributed by atoms with Gasteiger partial charge in [-0.2, -0.15) is 0 Å². The minimum absolute atomic E-state index is 0.0114. The van der Waals surface area contributed by atoms with E-state index in [0.717, 1.165) is 18.6 Å². The molecule has 176 valence electrons. The Morgan fingerprint density at radius 1 is 1.06 bits per heavy atom. The number of aromatic nitrogens is 1. The van der Waals surface area contributed by atoms with Crippen LogP contribution in [0.2, 0.25) is 0 Å². The first-order valence-electron chi connectivity index (χ1n) is 10.0. The van der Waals surface area contributed by atoms with Crippen LogP contribution in [0, 0.1) is 0 Å². The summed E-state index contributed by atoms with van der Waals surface area (Å²) < 4.78 is 25.0. The number of hydroxylamine groups is 2. The summed E-state index contributed by atoms with van der Waals surface area (Å²) in [6.45, 7) is 4.85. The van der Waals surface area contributed by atoms with E-state index in [9.17, 15) is 19.2 Å². The predicted octanol–water partition coefficient (Wildman–Crippen LogP) is 0.293. The molecule has 0 aromatic carbocycles. The zero-order chi connectivity index (χ0) is 23.5. The highest BCUT2D eigenvalue weighted by atomic mass is 17.0. The van der Waals surface area contributed by atoms with E-state index in [1.54, 1.807) is 20.8 Å². The molecule has 0 N–H and O–H groups in total. The van der Waals surface area contributed by atoms with Gasteiger partial charge in [-0.05, 0) is 26.0 Å². The molecule has 0 amide bonds. The summed E-state index contributed by atoms with van der Waals surface area (Å²) in [4.78, 5) is 61.7. The van der Waals surface area contributed by atoms with Gasteiger partial charge in [-0.15, -0.1) is 0 Å². The third-order valence-corrected chi connectivity index (χ3v) is 5.08. The minimum atomic E-state index is -1.85. The quantitative estimate of drug-likeness (QED) is 0.389. The molecular formula is C19H24N2O11. The molecule has 13 nitrogen and oxygen atoms in total. The first-order chi connectivity index (χ1) is 15.3. The van der Waals surface area contributed by atoms with Crippen molar-refractivity contribution in [2.24, 2.45) is 0 Å². The number of ether oxygens (including phenoxy) is 4. The molecule has 3 heterocycles. The molecule has 4 atom stereocenters. The molecular weight excluding hydrogens is 432 g/mol. The number of carbonyl (C=O) groups excluding carboxylic acids is 4. The maximum atomic E-state index is 13.2. The Morgan fingerprint density at radius 3 is 2.38 bits per heavy atom. The fourth-order valence-corrected chi connectivity index (χ4v) is 3.82. The van der Waals surface area contributed by atoms with E-state index < -0.39 is 47.5 Å². The fourth-order valence-electron chi connectivity index (χ4n) is 3.82. The van der Waals surface area contributed by atoms with Crippen LogP contribution >= 0.6 is 0 Å². The summed E-state index contributed by atoms with van der Waals surface area (Å²) in [7, 11) is 1.16. The van der Waals surface area contributed by atoms with E-state index in [-0.39, 0.29) is 37.5 Å². The lowest BCUT2D eigenvalue weighted by atomic mass is 9.74. The van der Waals surface area contributed by atoms with E-state index in [0.29, 0.717) is 0 Å². The second-order valence-electron chi connectivity index (χ2n) is 6.82. The van der Waals surface area contributed by atoms with Crippen LogP contribution in [-0.4, -0.2) is 78.9 Å². The van der Waals surface area contributed by atoms with Gasteiger partial charge < -0.3 is 23.5 Å². The van der Waals surface area contributed by atoms with Crippen LogP contribution < -0.4 is 0 Å². The normalized spacial score (nSPS) is 26.9. The van der Waals surface area contributed by atoms with Gasteiger partial charge in [0.25, 0.3) is 0 Å². The summed E-state index contributed by atoms with van der Waals surface area (Å²) >= 11 is 0. The van der Waals surface area contributed by atoms with Gasteiger partial charge >= 0.3 is 23.9 Å². The molecule has 0 saturated carbocycles. The van der Waals surface area contributed by atoms with Crippen molar-refractivity contribution in [3.8, 4) is 0 Å². The number of rotatable bonds is 8. The van der Waals surface area contributed by atoms with Gasteiger partial charge in [-0.3, -0.25) is 9.68 Å². The van der Waals surface area contributed by atoms with Gasteiger partial charge in [0, 0.05) is 12.0 Å². The summed E-state index contributed by atoms with van der Waals surface area (Å²) in [5.74, 6) is -4.53. The smallest absolute Gasteiger partial charge is 0.360 e. The number of hydrogen-bond acceptors (Lipinski definition) is 13. The highest BCUT2D eigenvalue weighted by Crippen LogP contribution is 2.53. The minimum Gasteiger partial charge on any atom is -0.467 e. The van der Waals surface area contributed by atoms with Gasteiger partial charge in [0.15, 0.2) is 23.4 Å². The van der Waals surface area contributed by atoms with E-state index in [1.807, 2.05) is 0 Å². The average Bonchev–Trinajstić information content (AvgIpc) is 3.45. The second kappa shape index (κ2) is 9.63. The zero-order valence-corrected chi connectivity index (χ0v) is 18.0. The molecule has 2 saturated heterocycles. The Hall–Kier alpha value is -3.03. The summed E-state index contributed by atoms with van der Waals surface area (Å²) in [6, 6.07) is 0. The van der Waals surface area contributed by atoms with Crippen molar-refractivity contribution in [3.63, 3.8) is 0 Å². The lowest BCUT2D eigenvalue weighted by Gasteiger charge is -2.29. The van der Waals surface area contributed by atoms with Crippen LogP contribution in [0.5, 0.6) is 0 Å². The molecule has 1 aromatic rings. The monoisotopic (exact) mass is 456 g/mol. The Labute approximate surface area is 182 Å². The molecule has 2 aliphatic rings. The van der Waals surface area contributed by atoms with E-state index >= 15 is 0 Å². The molecule has 0 radical (unpaired) electrons. The summed E-state index contributed by atoms with van der Waals surface area (Å²) in [5.41, 5.74) is -2.08. The molecule has 32 heavy (non-hydrogen) atoms. The molecule has 0 aliphatic carbocycles. The molecule has 0 spiro atoms. The van der Waals surface area contributed by atoms with Gasteiger partial charge in [0.2, 0.25) is 0 Å². The van der Waals surface area contributed by atoms with E-state index in [4.69, 9.17) is 33.1 Å². The lowest BCUT2D eigenvalue weighted by Crippen LogP contribution is -2.51. The van der Waals surface area contributed by atoms with Crippen LogP contribution in [0.1, 0.15) is 49.2 Å². The molecule has 0 bridgehead atoms. The van der Waals surface area contributed by atoms with Crippen LogP contribution in [-0.2, 0) is 43.0 Å². The third-order valence-electron chi connectivity index (χ3n) is 5.08. The molecule has 2 aliphatic heterocycles. The van der Waals surface area contributed by atoms with Crippen LogP contribution in [0.25, 0.3) is 0 Å². The van der Waals surface area contributed by atoms with Crippen molar-refractivity contribution >= 4 is 23.9 Å². The lowest BCUT2D eigenvalue weighted by molar-refractivity contribution is -0.362. The molecule has 2 fully saturated rings. The maximum Gasteiger partial charge on any atom is 0.360 e. The largest absolute Gasteiger partial charge is 0.467 e. The Morgan fingerprint density at radius 2 is 1.75 bits per heavy atom. The molecule has 3 rings (SSSR count). The average molecular weight is 456 g/mol. The Kier molecular flexibility index (Phi) is 7.11. The van der Waals surface area contributed by atoms with Crippen LogP contribution in [0.15, 0.2) is 10.8 Å².